The van der Waals surface area contributed by atoms with Gasteiger partial charge in [-0.25, -0.2) is 4.98 Å². The number of hydrogen-bond acceptors (Lipinski definition) is 7. The van der Waals surface area contributed by atoms with Crippen LogP contribution in [0.2, 0.25) is 0 Å². The monoisotopic (exact) mass is 434 g/mol. The van der Waals surface area contributed by atoms with E-state index in [1.165, 1.54) is 12.1 Å². The summed E-state index contributed by atoms with van der Waals surface area (Å²) in [6.45, 7) is 0. The van der Waals surface area contributed by atoms with Crippen molar-refractivity contribution < 1.29 is 9.72 Å². The van der Waals surface area contributed by atoms with Crippen molar-refractivity contribution in [2.24, 2.45) is 5.92 Å². The minimum Gasteiger partial charge on any atom is -0.362 e. The molecule has 1 aromatic heterocycles. The van der Waals surface area contributed by atoms with Gasteiger partial charge in [-0.05, 0) is 43.9 Å². The third kappa shape index (κ3) is 4.77. The highest BCUT2D eigenvalue weighted by atomic mass is 16.6. The standard InChI is InChI=1S/C23H26N6O3/c1-28(2)21-19-8-3-4-9-20(19)26-23(27-21)25-16-12-10-15(11-13-16)22(30)24-17-6-5-7-18(14-17)29(31)32/h3-9,14-16H,10-13H2,1-2H3,(H,24,30)(H,25,26,27). The number of nitrogens with zero attached hydrogens (tertiary/aromatic N) is 4. The Morgan fingerprint density at radius 3 is 2.53 bits per heavy atom. The number of amides is 1. The summed E-state index contributed by atoms with van der Waals surface area (Å²) in [5.74, 6) is 1.24. The Morgan fingerprint density at radius 1 is 1.06 bits per heavy atom. The molecule has 0 bridgehead atoms. The number of nitro benzene ring substituents is 1. The maximum absolute atomic E-state index is 12.6. The van der Waals surface area contributed by atoms with Crippen LogP contribution in [-0.2, 0) is 4.79 Å². The third-order valence-corrected chi connectivity index (χ3v) is 5.76. The van der Waals surface area contributed by atoms with Crippen LogP contribution in [0.15, 0.2) is 48.5 Å². The molecule has 0 spiro atoms. The maximum Gasteiger partial charge on any atom is 0.271 e. The van der Waals surface area contributed by atoms with Gasteiger partial charge in [0.05, 0.1) is 10.4 Å². The van der Waals surface area contributed by atoms with Crippen molar-refractivity contribution >= 4 is 40.0 Å². The van der Waals surface area contributed by atoms with E-state index in [2.05, 4.69) is 15.6 Å². The van der Waals surface area contributed by atoms with Gasteiger partial charge in [0.15, 0.2) is 0 Å². The van der Waals surface area contributed by atoms with E-state index in [1.54, 1.807) is 12.1 Å². The van der Waals surface area contributed by atoms with E-state index in [9.17, 15) is 14.9 Å². The number of carbonyl (C=O) groups excluding carboxylic acids is 1. The molecule has 1 fully saturated rings. The van der Waals surface area contributed by atoms with E-state index in [4.69, 9.17) is 4.98 Å². The summed E-state index contributed by atoms with van der Waals surface area (Å²) >= 11 is 0. The molecule has 2 N–H and O–H groups in total. The van der Waals surface area contributed by atoms with Gasteiger partial charge in [-0.1, -0.05) is 18.2 Å². The van der Waals surface area contributed by atoms with E-state index in [0.29, 0.717) is 11.6 Å². The van der Waals surface area contributed by atoms with Crippen LogP contribution in [0.5, 0.6) is 0 Å². The van der Waals surface area contributed by atoms with Gasteiger partial charge in [0.1, 0.15) is 5.82 Å². The summed E-state index contributed by atoms with van der Waals surface area (Å²) in [5.41, 5.74) is 1.30. The largest absolute Gasteiger partial charge is 0.362 e. The zero-order valence-corrected chi connectivity index (χ0v) is 18.1. The lowest BCUT2D eigenvalue weighted by Gasteiger charge is -2.28. The van der Waals surface area contributed by atoms with Crippen molar-refractivity contribution in [1.29, 1.82) is 0 Å². The van der Waals surface area contributed by atoms with Crippen LogP contribution in [0.1, 0.15) is 25.7 Å². The van der Waals surface area contributed by atoms with Crippen molar-refractivity contribution in [2.45, 2.75) is 31.7 Å². The first-order chi connectivity index (χ1) is 15.4. The molecule has 9 nitrogen and oxygen atoms in total. The Labute approximate surface area is 186 Å². The minimum atomic E-state index is -0.469. The van der Waals surface area contributed by atoms with Crippen molar-refractivity contribution in [3.63, 3.8) is 0 Å². The lowest BCUT2D eigenvalue weighted by molar-refractivity contribution is -0.384. The zero-order chi connectivity index (χ0) is 22.7. The Kier molecular flexibility index (Phi) is 6.16. The highest BCUT2D eigenvalue weighted by Crippen LogP contribution is 2.29. The van der Waals surface area contributed by atoms with Gasteiger partial charge in [0.25, 0.3) is 5.69 Å². The highest BCUT2D eigenvalue weighted by molar-refractivity contribution is 5.93. The van der Waals surface area contributed by atoms with Gasteiger partial charge in [-0.2, -0.15) is 4.98 Å². The van der Waals surface area contributed by atoms with Crippen molar-refractivity contribution in [2.75, 3.05) is 29.6 Å². The Balaban J connectivity index is 1.37. The molecule has 1 amide bonds. The number of carbonyl (C=O) groups is 1. The normalized spacial score (nSPS) is 18.2. The molecule has 1 aliphatic rings. The molecule has 4 rings (SSSR count). The quantitative estimate of drug-likeness (QED) is 0.441. The van der Waals surface area contributed by atoms with E-state index in [0.717, 1.165) is 42.4 Å². The SMILES string of the molecule is CN(C)c1nc(NC2CCC(C(=O)Nc3cccc([N+](=O)[O-])c3)CC2)nc2ccccc12. The second kappa shape index (κ2) is 9.17. The van der Waals surface area contributed by atoms with Crippen LogP contribution in [0, 0.1) is 16.0 Å². The van der Waals surface area contributed by atoms with Gasteiger partial charge >= 0.3 is 0 Å². The van der Waals surface area contributed by atoms with Crippen LogP contribution < -0.4 is 15.5 Å². The fourth-order valence-corrected chi connectivity index (χ4v) is 4.09. The summed E-state index contributed by atoms with van der Waals surface area (Å²) in [6, 6.07) is 14.1. The fraction of sp³-hybridized carbons (Fsp3) is 0.348. The number of non-ortho nitro benzene ring substituents is 1. The molecule has 0 unspecified atom stereocenters. The molecule has 0 atom stereocenters. The Morgan fingerprint density at radius 2 is 1.81 bits per heavy atom. The lowest BCUT2D eigenvalue weighted by atomic mass is 9.85. The summed E-state index contributed by atoms with van der Waals surface area (Å²) < 4.78 is 0. The number of aromatic nitrogens is 2. The predicted octanol–water partition coefficient (Wildman–Crippen LogP) is 4.21. The fourth-order valence-electron chi connectivity index (χ4n) is 4.09. The number of anilines is 3. The van der Waals surface area contributed by atoms with Crippen LogP contribution >= 0.6 is 0 Å². The summed E-state index contributed by atoms with van der Waals surface area (Å²) in [5, 5.41) is 18.2. The number of benzene rings is 2. The third-order valence-electron chi connectivity index (χ3n) is 5.76. The summed E-state index contributed by atoms with van der Waals surface area (Å²) in [7, 11) is 3.92. The van der Waals surface area contributed by atoms with Gasteiger partial charge < -0.3 is 15.5 Å². The molecule has 0 radical (unpaired) electrons. The predicted molar refractivity (Wildman–Crippen MR) is 125 cm³/mol. The smallest absolute Gasteiger partial charge is 0.271 e. The molecule has 3 aromatic rings. The Bertz CT molecular complexity index is 1140. The second-order valence-electron chi connectivity index (χ2n) is 8.27. The average Bonchev–Trinajstić information content (AvgIpc) is 2.79. The number of nitrogens with one attached hydrogen (secondary N) is 2. The molecular weight excluding hydrogens is 408 g/mol. The molecule has 0 aliphatic heterocycles. The van der Waals surface area contributed by atoms with Gasteiger partial charge in [0, 0.05) is 49.3 Å². The summed E-state index contributed by atoms with van der Waals surface area (Å²) in [4.78, 5) is 34.4. The van der Waals surface area contributed by atoms with Crippen LogP contribution in [0.3, 0.4) is 0 Å². The maximum atomic E-state index is 12.6. The van der Waals surface area contributed by atoms with Gasteiger partial charge in [-0.3, -0.25) is 14.9 Å². The molecule has 0 saturated heterocycles. The van der Waals surface area contributed by atoms with Gasteiger partial charge in [-0.15, -0.1) is 0 Å². The molecular formula is C23H26N6O3. The number of hydrogen-bond donors (Lipinski definition) is 2. The zero-order valence-electron chi connectivity index (χ0n) is 18.1. The second-order valence-corrected chi connectivity index (χ2v) is 8.27. The first-order valence-electron chi connectivity index (χ1n) is 10.7. The number of nitro groups is 1. The number of fused-ring (bicyclic) bond motifs is 1. The molecule has 2 aromatic carbocycles. The van der Waals surface area contributed by atoms with Crippen LogP contribution in [-0.4, -0.2) is 40.9 Å². The molecule has 32 heavy (non-hydrogen) atoms. The van der Waals surface area contributed by atoms with Crippen LogP contribution in [0.4, 0.5) is 23.1 Å². The van der Waals surface area contributed by atoms with Crippen LogP contribution in [0.25, 0.3) is 10.9 Å². The molecule has 1 aliphatic carbocycles. The minimum absolute atomic E-state index is 0.0387. The first-order valence-corrected chi connectivity index (χ1v) is 10.7. The average molecular weight is 435 g/mol. The Hall–Kier alpha value is -3.75. The van der Waals surface area contributed by atoms with Crippen molar-refractivity contribution in [3.8, 4) is 0 Å². The molecule has 166 valence electrons. The highest BCUT2D eigenvalue weighted by Gasteiger charge is 2.27. The first kappa shape index (κ1) is 21.5. The van der Waals surface area contributed by atoms with Gasteiger partial charge in [0.2, 0.25) is 11.9 Å². The molecule has 9 heteroatoms. The van der Waals surface area contributed by atoms with E-state index >= 15 is 0 Å². The topological polar surface area (TPSA) is 113 Å². The van der Waals surface area contributed by atoms with Crippen molar-refractivity contribution in [3.05, 3.63) is 58.6 Å². The van der Waals surface area contributed by atoms with E-state index in [1.807, 2.05) is 43.3 Å². The number of para-hydroxylation sites is 1. The molecule has 1 saturated carbocycles. The van der Waals surface area contributed by atoms with E-state index < -0.39 is 4.92 Å². The lowest BCUT2D eigenvalue weighted by Crippen LogP contribution is -2.32. The van der Waals surface area contributed by atoms with Crippen molar-refractivity contribution in [1.82, 2.24) is 9.97 Å². The molecule has 1 heterocycles. The summed E-state index contributed by atoms with van der Waals surface area (Å²) in [6.07, 6.45) is 3.10. The van der Waals surface area contributed by atoms with E-state index in [-0.39, 0.29) is 23.6 Å². The number of rotatable bonds is 6.